The van der Waals surface area contributed by atoms with Crippen LogP contribution in [0.1, 0.15) is 32.3 Å². The van der Waals surface area contributed by atoms with Gasteiger partial charge in [0.25, 0.3) is 5.91 Å². The molecule has 0 aromatic heterocycles. The molecule has 0 unspecified atom stereocenters. The molecule has 4 rings (SSSR count). The van der Waals surface area contributed by atoms with Crippen molar-refractivity contribution in [2.75, 3.05) is 11.9 Å². The van der Waals surface area contributed by atoms with Crippen molar-refractivity contribution < 1.29 is 24.8 Å². The predicted octanol–water partition coefficient (Wildman–Crippen LogP) is 0.215. The van der Waals surface area contributed by atoms with Gasteiger partial charge >= 0.3 is 0 Å². The van der Waals surface area contributed by atoms with Gasteiger partial charge in [0.1, 0.15) is 24.0 Å². The van der Waals surface area contributed by atoms with Gasteiger partial charge in [0.2, 0.25) is 17.4 Å². The Hall–Kier alpha value is -1.96. The van der Waals surface area contributed by atoms with Crippen LogP contribution in [0.15, 0.2) is 18.2 Å². The Labute approximate surface area is 162 Å². The molecule has 1 aromatic rings. The number of aliphatic hydroxyl groups excluding tert-OH is 1. The third kappa shape index (κ3) is 2.38. The average molecular weight is 393 g/mol. The number of aliphatic hydroxyl groups is 1. The Morgan fingerprint density at radius 3 is 2.74 bits per heavy atom. The molecule has 0 saturated carbocycles. The molecule has 0 bridgehead atoms. The van der Waals surface area contributed by atoms with E-state index >= 15 is 0 Å². The molecule has 3 aliphatic heterocycles. The highest BCUT2D eigenvalue weighted by Gasteiger charge is 2.74. The minimum absolute atomic E-state index is 0.291. The van der Waals surface area contributed by atoms with Crippen LogP contribution in [0, 0.1) is 11.8 Å². The molecular formula is C19H23ClN3O4+. The predicted molar refractivity (Wildman–Crippen MR) is 97.8 cm³/mol. The fourth-order valence-corrected chi connectivity index (χ4v) is 5.07. The number of nitrogens with zero attached hydrogens (tertiary/aromatic N) is 1. The molecule has 0 radical (unpaired) electrons. The number of rotatable bonds is 4. The highest BCUT2D eigenvalue weighted by atomic mass is 35.5. The van der Waals surface area contributed by atoms with Gasteiger partial charge in [0.05, 0.1) is 5.69 Å². The summed E-state index contributed by atoms with van der Waals surface area (Å²) in [5.74, 6) is -2.54. The SMILES string of the molecule is CCCCN1C(=O)[C@@H]2[C@@H]([C@@H](C)O)[NH2+][C@@]3(C(=O)Nc4ccc(Cl)cc43)[C@@H]2C1=O. The summed E-state index contributed by atoms with van der Waals surface area (Å²) in [5.41, 5.74) is -0.0742. The lowest BCUT2D eigenvalue weighted by Gasteiger charge is -2.27. The van der Waals surface area contributed by atoms with Crippen LogP contribution < -0.4 is 10.6 Å². The maximum Gasteiger partial charge on any atom is 0.291 e. The largest absolute Gasteiger partial charge is 0.387 e. The number of quaternary nitrogens is 1. The third-order valence-electron chi connectivity index (χ3n) is 6.15. The van der Waals surface area contributed by atoms with Gasteiger partial charge in [-0.2, -0.15) is 0 Å². The second-order valence-electron chi connectivity index (χ2n) is 7.68. The maximum atomic E-state index is 13.3. The van der Waals surface area contributed by atoms with Crippen LogP contribution in [0.3, 0.4) is 0 Å². The zero-order valence-electron chi connectivity index (χ0n) is 15.2. The molecule has 2 fully saturated rings. The van der Waals surface area contributed by atoms with E-state index in [4.69, 9.17) is 11.6 Å². The van der Waals surface area contributed by atoms with E-state index in [-0.39, 0.29) is 17.7 Å². The van der Waals surface area contributed by atoms with E-state index in [0.29, 0.717) is 29.2 Å². The number of nitrogens with one attached hydrogen (secondary N) is 1. The van der Waals surface area contributed by atoms with Crippen LogP contribution in [-0.2, 0) is 19.9 Å². The summed E-state index contributed by atoms with van der Waals surface area (Å²) in [7, 11) is 0. The van der Waals surface area contributed by atoms with E-state index in [1.165, 1.54) is 4.90 Å². The van der Waals surface area contributed by atoms with Crippen molar-refractivity contribution in [3.05, 3.63) is 28.8 Å². The van der Waals surface area contributed by atoms with Gasteiger partial charge in [-0.25, -0.2) is 0 Å². The number of hydrogen-bond acceptors (Lipinski definition) is 4. The van der Waals surface area contributed by atoms with Crippen molar-refractivity contribution in [2.24, 2.45) is 11.8 Å². The van der Waals surface area contributed by atoms with Crippen molar-refractivity contribution in [2.45, 2.75) is 44.4 Å². The molecule has 144 valence electrons. The minimum atomic E-state index is -1.28. The van der Waals surface area contributed by atoms with Crippen molar-refractivity contribution in [1.82, 2.24) is 4.90 Å². The quantitative estimate of drug-likeness (QED) is 0.637. The molecule has 27 heavy (non-hydrogen) atoms. The number of carbonyl (C=O) groups is 3. The first-order valence-corrected chi connectivity index (χ1v) is 9.71. The van der Waals surface area contributed by atoms with Gasteiger partial charge in [-0.15, -0.1) is 0 Å². The highest BCUT2D eigenvalue weighted by molar-refractivity contribution is 6.31. The van der Waals surface area contributed by atoms with Crippen molar-refractivity contribution >= 4 is 35.0 Å². The third-order valence-corrected chi connectivity index (χ3v) is 6.38. The second kappa shape index (κ2) is 6.29. The van der Waals surface area contributed by atoms with Crippen LogP contribution in [0.5, 0.6) is 0 Å². The van der Waals surface area contributed by atoms with Gasteiger partial charge in [-0.05, 0) is 31.5 Å². The number of likely N-dealkylation sites (tertiary alicyclic amines) is 1. The first-order chi connectivity index (χ1) is 12.8. The van der Waals surface area contributed by atoms with E-state index in [0.717, 1.165) is 6.42 Å². The summed E-state index contributed by atoms with van der Waals surface area (Å²) in [4.78, 5) is 40.7. The number of hydrogen-bond donors (Lipinski definition) is 3. The van der Waals surface area contributed by atoms with Crippen molar-refractivity contribution in [3.63, 3.8) is 0 Å². The number of imide groups is 1. The van der Waals surface area contributed by atoms with Gasteiger partial charge in [-0.3, -0.25) is 19.3 Å². The first-order valence-electron chi connectivity index (χ1n) is 9.33. The van der Waals surface area contributed by atoms with E-state index in [1.807, 2.05) is 6.92 Å². The van der Waals surface area contributed by atoms with Gasteiger partial charge < -0.3 is 15.7 Å². The topological polar surface area (TPSA) is 103 Å². The number of benzene rings is 1. The van der Waals surface area contributed by atoms with Crippen molar-refractivity contribution in [1.29, 1.82) is 0 Å². The molecule has 1 aromatic carbocycles. The molecule has 2 saturated heterocycles. The fourth-order valence-electron chi connectivity index (χ4n) is 4.89. The summed E-state index contributed by atoms with van der Waals surface area (Å²) in [6, 6.07) is 4.49. The summed E-state index contributed by atoms with van der Waals surface area (Å²) < 4.78 is 0. The average Bonchev–Trinajstić information content (AvgIpc) is 3.20. The number of fused-ring (bicyclic) bond motifs is 4. The smallest absolute Gasteiger partial charge is 0.291 e. The molecule has 0 aliphatic carbocycles. The van der Waals surface area contributed by atoms with E-state index < -0.39 is 29.5 Å². The lowest BCUT2D eigenvalue weighted by atomic mass is 9.76. The van der Waals surface area contributed by atoms with Crippen LogP contribution in [-0.4, -0.2) is 46.4 Å². The molecular weight excluding hydrogens is 370 g/mol. The number of anilines is 1. The minimum Gasteiger partial charge on any atom is -0.387 e. The van der Waals surface area contributed by atoms with Crippen molar-refractivity contribution in [3.8, 4) is 0 Å². The zero-order valence-corrected chi connectivity index (χ0v) is 16.0. The molecule has 1 spiro atoms. The Morgan fingerprint density at radius 1 is 1.33 bits per heavy atom. The van der Waals surface area contributed by atoms with Gasteiger partial charge in [0.15, 0.2) is 0 Å². The Morgan fingerprint density at radius 2 is 2.07 bits per heavy atom. The molecule has 8 heteroatoms. The number of unbranched alkanes of at least 4 members (excludes halogenated alkanes) is 1. The van der Waals surface area contributed by atoms with Crippen LogP contribution >= 0.6 is 11.6 Å². The van der Waals surface area contributed by atoms with Gasteiger partial charge in [-0.1, -0.05) is 24.9 Å². The number of carbonyl (C=O) groups excluding carboxylic acids is 3. The first kappa shape index (κ1) is 18.4. The molecule has 3 aliphatic rings. The summed E-state index contributed by atoms with van der Waals surface area (Å²) in [6.07, 6.45) is 0.708. The Kier molecular flexibility index (Phi) is 4.29. The van der Waals surface area contributed by atoms with E-state index in [2.05, 4.69) is 5.32 Å². The fraction of sp³-hybridized carbons (Fsp3) is 0.526. The standard InChI is InChI=1S/C19H22ClN3O4/c1-3-4-7-23-16(25)13-14(17(23)26)19(22-15(13)9(2)24)11-8-10(20)5-6-12(11)21-18(19)27/h5-6,8-9,13-15,22,24H,3-4,7H2,1-2H3,(H,21,27)/p+1/t9-,13+,14+,15-,19-/m1/s1. The number of amides is 3. The summed E-state index contributed by atoms with van der Waals surface area (Å²) in [6.45, 7) is 3.92. The molecule has 3 amide bonds. The number of halogens is 1. The normalized spacial score (nSPS) is 32.8. The van der Waals surface area contributed by atoms with E-state index in [9.17, 15) is 19.5 Å². The van der Waals surface area contributed by atoms with Crippen LogP contribution in [0.4, 0.5) is 5.69 Å². The highest BCUT2D eigenvalue weighted by Crippen LogP contribution is 2.49. The van der Waals surface area contributed by atoms with Gasteiger partial charge in [0, 0.05) is 17.1 Å². The number of nitrogens with two attached hydrogens (primary N) is 1. The molecule has 7 nitrogen and oxygen atoms in total. The lowest BCUT2D eigenvalue weighted by molar-refractivity contribution is -0.738. The second-order valence-corrected chi connectivity index (χ2v) is 8.12. The maximum absolute atomic E-state index is 13.3. The van der Waals surface area contributed by atoms with Crippen LogP contribution in [0.2, 0.25) is 5.02 Å². The molecule has 5 atom stereocenters. The summed E-state index contributed by atoms with van der Waals surface area (Å²) in [5, 5.41) is 15.3. The lowest BCUT2D eigenvalue weighted by Crippen LogP contribution is -3.00. The Bertz CT molecular complexity index is 842. The van der Waals surface area contributed by atoms with Crippen LogP contribution in [0.25, 0.3) is 0 Å². The van der Waals surface area contributed by atoms with E-state index in [1.54, 1.807) is 30.4 Å². The summed E-state index contributed by atoms with van der Waals surface area (Å²) >= 11 is 6.17. The zero-order chi connectivity index (χ0) is 19.5. The molecule has 3 heterocycles. The molecule has 4 N–H and O–H groups in total. The monoisotopic (exact) mass is 392 g/mol. The Balaban J connectivity index is 1.86.